The first-order valence-corrected chi connectivity index (χ1v) is 41.0. The third-order valence-electron chi connectivity index (χ3n) is 19.7. The van der Waals surface area contributed by atoms with Crippen LogP contribution >= 0.6 is 27.5 Å². The Morgan fingerprint density at radius 3 is 1.05 bits per heavy atom. The fourth-order valence-electron chi connectivity index (χ4n) is 13.0. The molecule has 5 aliphatic rings. The number of carbonyl (C=O) groups excluding carboxylic acids is 3. The molecule has 0 saturated heterocycles. The van der Waals surface area contributed by atoms with Gasteiger partial charge in [-0.15, -0.1) is 0 Å². The van der Waals surface area contributed by atoms with Crippen LogP contribution in [-0.2, 0) is 44.5 Å². The van der Waals surface area contributed by atoms with Gasteiger partial charge in [-0.2, -0.15) is 0 Å². The third kappa shape index (κ3) is 23.2. The molecule has 5 heterocycles. The van der Waals surface area contributed by atoms with Crippen LogP contribution in [0.5, 0.6) is 0 Å². The summed E-state index contributed by atoms with van der Waals surface area (Å²) >= 11 is 9.00. The lowest BCUT2D eigenvalue weighted by Crippen LogP contribution is -2.41. The fourth-order valence-corrected chi connectivity index (χ4v) is 17.5. The van der Waals surface area contributed by atoms with Gasteiger partial charge in [-0.25, -0.2) is 67.5 Å². The van der Waals surface area contributed by atoms with Gasteiger partial charge in [-0.1, -0.05) is 61.3 Å². The predicted octanol–water partition coefficient (Wildman–Crippen LogP) is 11.0. The maximum absolute atomic E-state index is 13.1. The quantitative estimate of drug-likeness (QED) is 0.0260. The number of fused-ring (bicyclic) bond motifs is 2. The van der Waals surface area contributed by atoms with Crippen molar-refractivity contribution in [1.29, 1.82) is 0 Å². The van der Waals surface area contributed by atoms with Gasteiger partial charge in [0.05, 0.1) is 34.0 Å². The molecule has 31 heteroatoms. The van der Waals surface area contributed by atoms with Gasteiger partial charge < -0.3 is 40.9 Å². The lowest BCUT2D eigenvalue weighted by Gasteiger charge is -2.34. The van der Waals surface area contributed by atoms with Crippen LogP contribution in [0.2, 0.25) is 5.15 Å². The molecule has 568 valence electrons. The Kier molecular flexibility index (Phi) is 30.2. The molecular formula is C73H99BrClF3N14O9S3. The highest BCUT2D eigenvalue weighted by atomic mass is 79.9. The Labute approximate surface area is 624 Å². The Morgan fingerprint density at radius 2 is 0.769 bits per heavy atom. The van der Waals surface area contributed by atoms with Crippen LogP contribution in [0, 0.1) is 35.2 Å². The third-order valence-corrected chi connectivity index (χ3v) is 25.3. The highest BCUT2D eigenvalue weighted by molar-refractivity contribution is 9.10. The van der Waals surface area contributed by atoms with Gasteiger partial charge in [0, 0.05) is 109 Å². The van der Waals surface area contributed by atoms with Crippen LogP contribution in [0.4, 0.5) is 36.2 Å². The van der Waals surface area contributed by atoms with Gasteiger partial charge in [0.1, 0.15) is 37.3 Å². The average Bonchev–Trinajstić information content (AvgIpc) is 0.795. The number of likely N-dealkylation sites (N-methyl/N-ethyl adjacent to an activating group) is 4. The topological polar surface area (TPSA) is 289 Å². The molecule has 3 atom stereocenters. The second-order valence-electron chi connectivity index (χ2n) is 27.5. The van der Waals surface area contributed by atoms with Crippen LogP contribution in [0.3, 0.4) is 0 Å². The summed E-state index contributed by atoms with van der Waals surface area (Å²) in [7, 11) is -1.43. The number of hydrogen-bond acceptors (Lipinski definition) is 17. The van der Waals surface area contributed by atoms with Gasteiger partial charge >= 0.3 is 0 Å². The zero-order valence-corrected chi connectivity index (χ0v) is 65.2. The fraction of sp³-hybridized carbons (Fsp3) is 0.507. The van der Waals surface area contributed by atoms with Crippen molar-refractivity contribution in [2.24, 2.45) is 17.8 Å². The number of anilines is 4. The average molecular weight is 1590 g/mol. The van der Waals surface area contributed by atoms with Crippen molar-refractivity contribution in [3.8, 4) is 0 Å². The molecule has 2 aliphatic heterocycles. The Hall–Kier alpha value is -7.03. The molecule has 0 spiro atoms. The normalized spacial score (nSPS) is 20.6. The van der Waals surface area contributed by atoms with Gasteiger partial charge in [-0.05, 0) is 205 Å². The second kappa shape index (κ2) is 38.0. The van der Waals surface area contributed by atoms with E-state index in [1.54, 1.807) is 48.5 Å². The van der Waals surface area contributed by atoms with Crippen molar-refractivity contribution in [3.05, 3.63) is 153 Å². The molecule has 3 saturated carbocycles. The summed E-state index contributed by atoms with van der Waals surface area (Å²) in [5.41, 5.74) is 4.10. The van der Waals surface area contributed by atoms with Crippen molar-refractivity contribution in [1.82, 2.24) is 50.4 Å². The predicted molar refractivity (Wildman–Crippen MR) is 404 cm³/mol. The lowest BCUT2D eigenvalue weighted by molar-refractivity contribution is -0.127. The van der Waals surface area contributed by atoms with Crippen molar-refractivity contribution < 1.29 is 52.8 Å². The van der Waals surface area contributed by atoms with Crippen molar-refractivity contribution >= 4 is 98.3 Å². The summed E-state index contributed by atoms with van der Waals surface area (Å²) in [6.45, 7) is 12.2. The molecule has 0 bridgehead atoms. The van der Waals surface area contributed by atoms with E-state index < -0.39 is 30.1 Å². The largest absolute Gasteiger partial charge is 0.370 e. The standard InChI is InChI=1S/2C24H32FN5O3S.C20H22BrClFN3O3S.C5H13N/c2*1-16(17-4-8-19(25)9-5-17)27-24(31)18-6-10-20(11-7-18)28-34(32,33)21-14-22-23(26-15-21)30(3)13-12-29(22)2;1-12(13-2-6-15(23)7-3-13)25-20(27)14-4-8-16(9-5-14)26-30(28,29)17-10-18(21)19(22)24-11-17;1-3-4-5-6-2/h2*4-5,8-9,14-16,18,20,28H,6-7,10-13H2,1-3H3,(H,27,31);2-3,6-7,10-12,14,16,26H,4-5,8-9H2,1H3,(H,25,27);6H,3-5H2,1-2H3/t2*16-,18?,20?;12-,14?,16?;/m111./s1. The zero-order valence-electron chi connectivity index (χ0n) is 60.4. The SMILES string of the molecule is CCCCNC.C[C@@H](NC(=O)C1CCC(NS(=O)(=O)c2cnc(Cl)c(Br)c2)CC1)c1ccc(F)cc1.C[C@@H](NC(=O)C1CCC(NS(=O)(=O)c2cnc3c(c2)N(C)CCN3C)CC1)c1ccc(F)cc1.C[C@@H](NC(=O)C1CCC(NS(=O)(=O)c2cnc3c(c2)N(C)CCN3C)CC1)c1ccc(F)cc1. The molecule has 3 aromatic carbocycles. The Morgan fingerprint density at radius 1 is 0.481 bits per heavy atom. The highest BCUT2D eigenvalue weighted by Crippen LogP contribution is 2.36. The smallest absolute Gasteiger partial charge is 0.242 e. The number of nitrogens with one attached hydrogen (secondary N) is 7. The highest BCUT2D eigenvalue weighted by Gasteiger charge is 2.35. The molecule has 3 fully saturated rings. The molecule has 0 radical (unpaired) electrons. The minimum Gasteiger partial charge on any atom is -0.370 e. The van der Waals surface area contributed by atoms with E-state index in [0.717, 1.165) is 72.4 Å². The van der Waals surface area contributed by atoms with E-state index in [1.165, 1.54) is 73.9 Å². The van der Waals surface area contributed by atoms with E-state index in [4.69, 9.17) is 11.6 Å². The number of benzene rings is 3. The van der Waals surface area contributed by atoms with Crippen LogP contribution in [-0.4, -0.2) is 144 Å². The number of carbonyl (C=O) groups is 3. The molecule has 6 aromatic rings. The first kappa shape index (κ1) is 82.6. The summed E-state index contributed by atoms with van der Waals surface area (Å²) in [5.74, 6) is -0.0890. The number of nitrogens with zero attached hydrogens (tertiary/aromatic N) is 7. The number of pyridine rings is 3. The molecule has 23 nitrogen and oxygen atoms in total. The van der Waals surface area contributed by atoms with Crippen molar-refractivity contribution in [2.45, 2.75) is 169 Å². The van der Waals surface area contributed by atoms with E-state index in [-0.39, 0.29) is 109 Å². The first-order valence-electron chi connectivity index (χ1n) is 35.4. The number of amides is 3. The minimum atomic E-state index is -3.73. The Bertz CT molecular complexity index is 4010. The first-order chi connectivity index (χ1) is 49.3. The van der Waals surface area contributed by atoms with E-state index in [2.05, 4.69) is 73.2 Å². The number of aromatic nitrogens is 3. The van der Waals surface area contributed by atoms with Crippen molar-refractivity contribution in [3.63, 3.8) is 0 Å². The number of unbranched alkanes of at least 4 members (excludes halogenated alkanes) is 1. The Balaban J connectivity index is 0.000000190. The van der Waals surface area contributed by atoms with Gasteiger partial charge in [0.25, 0.3) is 0 Å². The minimum absolute atomic E-state index is 0.0340. The maximum atomic E-state index is 13.1. The molecule has 11 rings (SSSR count). The lowest BCUT2D eigenvalue weighted by atomic mass is 9.85. The summed E-state index contributed by atoms with van der Waals surface area (Å²) in [6.07, 6.45) is 13.7. The monoisotopic (exact) mass is 1580 g/mol. The van der Waals surface area contributed by atoms with Crippen LogP contribution in [0.15, 0.2) is 129 Å². The van der Waals surface area contributed by atoms with Crippen LogP contribution in [0.25, 0.3) is 0 Å². The van der Waals surface area contributed by atoms with Gasteiger partial charge in [0.2, 0.25) is 47.8 Å². The molecule has 7 N–H and O–H groups in total. The molecular weight excluding hydrogens is 1490 g/mol. The van der Waals surface area contributed by atoms with Crippen LogP contribution < -0.4 is 55.0 Å². The molecule has 3 aliphatic carbocycles. The van der Waals surface area contributed by atoms with Gasteiger partial charge in [-0.3, -0.25) is 14.4 Å². The zero-order chi connectivity index (χ0) is 75.6. The summed E-state index contributed by atoms with van der Waals surface area (Å²) in [5, 5.41) is 12.2. The van der Waals surface area contributed by atoms with E-state index in [0.29, 0.717) is 81.5 Å². The number of halogens is 5. The van der Waals surface area contributed by atoms with Gasteiger partial charge in [0.15, 0.2) is 11.6 Å². The van der Waals surface area contributed by atoms with Crippen LogP contribution in [0.1, 0.15) is 152 Å². The summed E-state index contributed by atoms with van der Waals surface area (Å²) in [4.78, 5) is 59.1. The second-order valence-corrected chi connectivity index (χ2v) is 33.8. The van der Waals surface area contributed by atoms with Crippen molar-refractivity contribution in [2.75, 3.05) is 87.6 Å². The van der Waals surface area contributed by atoms with E-state index in [9.17, 15) is 52.8 Å². The van der Waals surface area contributed by atoms with E-state index in [1.807, 2.05) is 75.6 Å². The molecule has 104 heavy (non-hydrogen) atoms. The number of sulfonamides is 3. The summed E-state index contributed by atoms with van der Waals surface area (Å²) in [6, 6.07) is 21.6. The molecule has 3 aromatic heterocycles. The molecule has 3 amide bonds. The number of rotatable bonds is 21. The number of hydrogen-bond donors (Lipinski definition) is 7. The van der Waals surface area contributed by atoms with E-state index >= 15 is 0 Å². The maximum Gasteiger partial charge on any atom is 0.242 e. The molecule has 0 unspecified atom stereocenters. The summed E-state index contributed by atoms with van der Waals surface area (Å²) < 4.78 is 125.